The molecule has 2 unspecified atom stereocenters. The van der Waals surface area contributed by atoms with Gasteiger partial charge in [0.25, 0.3) is 0 Å². The van der Waals surface area contributed by atoms with Crippen LogP contribution in [0.2, 0.25) is 52.4 Å². The van der Waals surface area contributed by atoms with Gasteiger partial charge in [-0.2, -0.15) is 0 Å². The van der Waals surface area contributed by atoms with Crippen molar-refractivity contribution in [2.75, 3.05) is 26.1 Å². The molecule has 0 bridgehead atoms. The quantitative estimate of drug-likeness (QED) is 0.244. The van der Waals surface area contributed by atoms with E-state index in [4.69, 9.17) is 25.9 Å². The van der Waals surface area contributed by atoms with Gasteiger partial charge in [-0.1, -0.05) is 37.3 Å². The molecule has 1 rings (SSSR count). The molecule has 6 nitrogen and oxygen atoms in total. The Balaban J connectivity index is 3.07. The first kappa shape index (κ1) is 29.1. The summed E-state index contributed by atoms with van der Waals surface area (Å²) in [5, 5.41) is 1.10. The van der Waals surface area contributed by atoms with Crippen LogP contribution < -0.4 is 5.19 Å². The summed E-state index contributed by atoms with van der Waals surface area (Å²) in [6, 6.07) is 10.3. The molecule has 0 aromatic heterocycles. The smallest absolute Gasteiger partial charge is 0.351 e. The van der Waals surface area contributed by atoms with Crippen molar-refractivity contribution < 1.29 is 25.9 Å². The van der Waals surface area contributed by atoms with Gasteiger partial charge in [0.1, 0.15) is 0 Å². The average Bonchev–Trinajstić information content (AvgIpc) is 2.62. The van der Waals surface area contributed by atoms with E-state index in [0.29, 0.717) is 19.4 Å². The van der Waals surface area contributed by atoms with E-state index < -0.39 is 43.8 Å². The van der Waals surface area contributed by atoms with E-state index in [1.54, 1.807) is 0 Å². The van der Waals surface area contributed by atoms with Gasteiger partial charge in [0.05, 0.1) is 19.4 Å². The van der Waals surface area contributed by atoms with E-state index in [2.05, 4.69) is 71.4 Å². The highest BCUT2D eigenvalue weighted by Crippen LogP contribution is 2.23. The molecule has 0 radical (unpaired) electrons. The van der Waals surface area contributed by atoms with Gasteiger partial charge in [-0.05, 0) is 64.0 Å². The Kier molecular flexibility index (Phi) is 12.9. The van der Waals surface area contributed by atoms with Crippen LogP contribution in [0.5, 0.6) is 0 Å². The number of ether oxygens (including phenoxy) is 2. The molecule has 2 atom stereocenters. The van der Waals surface area contributed by atoms with Crippen molar-refractivity contribution in [3.05, 3.63) is 30.3 Å². The minimum absolute atomic E-state index is 0.466. The third kappa shape index (κ3) is 11.7. The standard InChI is InChI=1S/C20H44O6Si5/c1-10-16-21-17-18-22-19-30(8,24-28(4)5)26-31(9,20-14-12-11-13-15-20)25-29(6,7)23-27(2)3/h11-15,27-28H,10,16-19H2,1-9H3. The van der Waals surface area contributed by atoms with Crippen LogP contribution in [0, 0.1) is 0 Å². The highest BCUT2D eigenvalue weighted by molar-refractivity contribution is 6.94. The maximum atomic E-state index is 6.94. The Labute approximate surface area is 196 Å². The van der Waals surface area contributed by atoms with Crippen molar-refractivity contribution >= 4 is 48.9 Å². The molecule has 0 aliphatic carbocycles. The molecule has 0 N–H and O–H groups in total. The van der Waals surface area contributed by atoms with Crippen molar-refractivity contribution in [1.82, 2.24) is 0 Å². The van der Waals surface area contributed by atoms with Crippen LogP contribution in [0.1, 0.15) is 13.3 Å². The lowest BCUT2D eigenvalue weighted by Crippen LogP contribution is -2.65. The van der Waals surface area contributed by atoms with E-state index >= 15 is 0 Å². The SMILES string of the molecule is CCCOCCOC[Si](C)(O[SiH](C)C)O[Si](C)(O[Si](C)(C)O[SiH](C)C)c1ccccc1. The van der Waals surface area contributed by atoms with Gasteiger partial charge < -0.3 is 25.9 Å². The molecule has 31 heavy (non-hydrogen) atoms. The highest BCUT2D eigenvalue weighted by atomic mass is 28.5. The Bertz CT molecular complexity index is 621. The molecule has 0 saturated carbocycles. The minimum atomic E-state index is -2.80. The van der Waals surface area contributed by atoms with Crippen LogP contribution in [0.4, 0.5) is 0 Å². The maximum absolute atomic E-state index is 6.94. The lowest BCUT2D eigenvalue weighted by molar-refractivity contribution is 0.0560. The zero-order valence-corrected chi connectivity index (χ0v) is 26.3. The third-order valence-electron chi connectivity index (χ3n) is 4.24. The summed E-state index contributed by atoms with van der Waals surface area (Å²) >= 11 is 0. The Morgan fingerprint density at radius 1 is 0.742 bits per heavy atom. The van der Waals surface area contributed by atoms with Crippen molar-refractivity contribution in [1.29, 1.82) is 0 Å². The monoisotopic (exact) mass is 520 g/mol. The van der Waals surface area contributed by atoms with Gasteiger partial charge in [0.2, 0.25) is 0 Å². The molecular formula is C20H44O6Si5. The summed E-state index contributed by atoms with van der Waals surface area (Å²) in [7, 11) is -10.4. The zero-order chi connectivity index (χ0) is 23.5. The third-order valence-corrected chi connectivity index (χ3v) is 21.2. The van der Waals surface area contributed by atoms with Gasteiger partial charge >= 0.3 is 25.7 Å². The normalized spacial score (nSPS) is 16.5. The molecule has 0 saturated heterocycles. The fourth-order valence-electron chi connectivity index (χ4n) is 3.56. The summed E-state index contributed by atoms with van der Waals surface area (Å²) in [5.41, 5.74) is 0. The fourth-order valence-corrected chi connectivity index (χ4v) is 23.7. The van der Waals surface area contributed by atoms with Crippen molar-refractivity contribution in [3.63, 3.8) is 0 Å². The predicted molar refractivity (Wildman–Crippen MR) is 141 cm³/mol. The van der Waals surface area contributed by atoms with Gasteiger partial charge in [-0.25, -0.2) is 0 Å². The number of benzene rings is 1. The number of hydrogen-bond donors (Lipinski definition) is 0. The lowest BCUT2D eigenvalue weighted by atomic mass is 10.4. The Morgan fingerprint density at radius 3 is 1.87 bits per heavy atom. The first-order chi connectivity index (χ1) is 14.4. The van der Waals surface area contributed by atoms with Crippen LogP contribution >= 0.6 is 0 Å². The summed E-state index contributed by atoms with van der Waals surface area (Å²) in [6.07, 6.45) is 1.48. The van der Waals surface area contributed by atoms with E-state index in [1.807, 2.05) is 18.2 Å². The maximum Gasteiger partial charge on any atom is 0.351 e. The molecule has 0 aliphatic rings. The number of rotatable bonds is 16. The Hall–Kier alpha value is 0.0644. The zero-order valence-electron chi connectivity index (χ0n) is 21.0. The first-order valence-corrected chi connectivity index (χ1v) is 24.6. The van der Waals surface area contributed by atoms with Gasteiger partial charge in [0.15, 0.2) is 18.1 Å². The number of hydrogen-bond acceptors (Lipinski definition) is 6. The van der Waals surface area contributed by atoms with Crippen molar-refractivity contribution in [3.8, 4) is 0 Å². The van der Waals surface area contributed by atoms with E-state index in [1.165, 1.54) is 0 Å². The van der Waals surface area contributed by atoms with E-state index in [9.17, 15) is 0 Å². The largest absolute Gasteiger partial charge is 0.440 e. The fraction of sp³-hybridized carbons (Fsp3) is 0.700. The molecule has 0 amide bonds. The second kappa shape index (κ2) is 13.7. The molecular weight excluding hydrogens is 477 g/mol. The Morgan fingerprint density at radius 2 is 1.32 bits per heavy atom. The van der Waals surface area contributed by atoms with Gasteiger partial charge in [-0.3, -0.25) is 0 Å². The van der Waals surface area contributed by atoms with Crippen LogP contribution in [-0.2, 0) is 25.9 Å². The first-order valence-electron chi connectivity index (χ1n) is 11.4. The van der Waals surface area contributed by atoms with E-state index in [-0.39, 0.29) is 0 Å². The predicted octanol–water partition coefficient (Wildman–Crippen LogP) is 3.76. The van der Waals surface area contributed by atoms with E-state index in [0.717, 1.165) is 18.2 Å². The van der Waals surface area contributed by atoms with Crippen molar-refractivity contribution in [2.24, 2.45) is 0 Å². The summed E-state index contributed by atoms with van der Waals surface area (Å²) in [4.78, 5) is 0. The van der Waals surface area contributed by atoms with Crippen LogP contribution in [0.3, 0.4) is 0 Å². The average molecular weight is 521 g/mol. The van der Waals surface area contributed by atoms with Gasteiger partial charge in [0, 0.05) is 6.61 Å². The summed E-state index contributed by atoms with van der Waals surface area (Å²) in [5.74, 6) is 0. The molecule has 180 valence electrons. The van der Waals surface area contributed by atoms with Crippen LogP contribution in [0.25, 0.3) is 0 Å². The van der Waals surface area contributed by atoms with Gasteiger partial charge in [-0.15, -0.1) is 0 Å². The molecule has 1 aromatic rings. The summed E-state index contributed by atoms with van der Waals surface area (Å²) < 4.78 is 38.1. The van der Waals surface area contributed by atoms with Crippen molar-refractivity contribution in [2.45, 2.75) is 65.7 Å². The molecule has 11 heteroatoms. The molecule has 0 aliphatic heterocycles. The van der Waals surface area contributed by atoms with Crippen LogP contribution in [-0.4, -0.2) is 69.8 Å². The molecule has 1 aromatic carbocycles. The van der Waals surface area contributed by atoms with Crippen LogP contribution in [0.15, 0.2) is 30.3 Å². The minimum Gasteiger partial charge on any atom is -0.440 e. The summed E-state index contributed by atoms with van der Waals surface area (Å²) in [6.45, 7) is 21.2. The topological polar surface area (TPSA) is 55.4 Å². The lowest BCUT2D eigenvalue weighted by Gasteiger charge is -2.42. The molecule has 0 heterocycles. The highest BCUT2D eigenvalue weighted by Gasteiger charge is 2.49. The second-order valence-corrected chi connectivity index (χ2v) is 24.6. The second-order valence-electron chi connectivity index (χ2n) is 9.05. The molecule has 0 fully saturated rings. The molecule has 0 spiro atoms.